The summed E-state index contributed by atoms with van der Waals surface area (Å²) in [4.78, 5) is 13.4. The Balaban J connectivity index is 0.00000364. The maximum Gasteiger partial charge on any atom is 0.194 e. The van der Waals surface area contributed by atoms with Gasteiger partial charge in [0.25, 0.3) is 0 Å². The standard InChI is InChI=1S/C20H31N5S.HI/c1-15(2)24(5)12-18-10-8-7-9-17(18)11-22-20(21-4)25(6)13-19-14-26-16(3)23-19;/h7-10,14-15H,11-13H2,1-6H3,(H,21,22);1H. The van der Waals surface area contributed by atoms with Gasteiger partial charge in [0.1, 0.15) is 0 Å². The van der Waals surface area contributed by atoms with E-state index in [4.69, 9.17) is 0 Å². The summed E-state index contributed by atoms with van der Waals surface area (Å²) >= 11 is 1.68. The third kappa shape index (κ3) is 7.38. The average molecular weight is 501 g/mol. The highest BCUT2D eigenvalue weighted by Crippen LogP contribution is 2.13. The number of halogens is 1. The molecule has 0 bridgehead atoms. The van der Waals surface area contributed by atoms with Gasteiger partial charge in [-0.3, -0.25) is 9.89 Å². The van der Waals surface area contributed by atoms with E-state index < -0.39 is 0 Å². The molecule has 27 heavy (non-hydrogen) atoms. The van der Waals surface area contributed by atoms with Gasteiger partial charge >= 0.3 is 0 Å². The van der Waals surface area contributed by atoms with Crippen LogP contribution in [0.3, 0.4) is 0 Å². The molecule has 7 heteroatoms. The predicted molar refractivity (Wildman–Crippen MR) is 127 cm³/mol. The predicted octanol–water partition coefficient (Wildman–Crippen LogP) is 4.12. The first-order valence-corrected chi connectivity index (χ1v) is 9.88. The molecule has 0 aliphatic carbocycles. The third-order valence-electron chi connectivity index (χ3n) is 4.50. The maximum atomic E-state index is 4.54. The molecule has 0 atom stereocenters. The first-order valence-electron chi connectivity index (χ1n) is 9.00. The van der Waals surface area contributed by atoms with Crippen LogP contribution in [0.5, 0.6) is 0 Å². The topological polar surface area (TPSA) is 43.8 Å². The first kappa shape index (κ1) is 23.8. The second kappa shape index (κ2) is 11.6. The van der Waals surface area contributed by atoms with Gasteiger partial charge in [0, 0.05) is 38.6 Å². The van der Waals surface area contributed by atoms with Crippen molar-refractivity contribution >= 4 is 41.3 Å². The molecule has 150 valence electrons. The van der Waals surface area contributed by atoms with Crippen LogP contribution in [0.25, 0.3) is 0 Å². The van der Waals surface area contributed by atoms with Crippen LogP contribution in [-0.2, 0) is 19.6 Å². The minimum Gasteiger partial charge on any atom is -0.352 e. The molecule has 2 aromatic rings. The Labute approximate surface area is 184 Å². The van der Waals surface area contributed by atoms with Gasteiger partial charge in [-0.25, -0.2) is 4.98 Å². The molecule has 1 heterocycles. The number of thiazole rings is 1. The summed E-state index contributed by atoms with van der Waals surface area (Å²) < 4.78 is 0. The SMILES string of the molecule is CN=C(NCc1ccccc1CN(C)C(C)C)N(C)Cc1csc(C)n1.I. The van der Waals surface area contributed by atoms with Crippen molar-refractivity contribution in [2.45, 2.75) is 46.4 Å². The number of aliphatic imine (C=N–C) groups is 1. The quantitative estimate of drug-likeness (QED) is 0.352. The summed E-state index contributed by atoms with van der Waals surface area (Å²) in [5, 5.41) is 6.69. The van der Waals surface area contributed by atoms with Crippen molar-refractivity contribution in [2.75, 3.05) is 21.1 Å². The number of aromatic nitrogens is 1. The lowest BCUT2D eigenvalue weighted by Crippen LogP contribution is -2.38. The van der Waals surface area contributed by atoms with Crippen LogP contribution >= 0.6 is 35.3 Å². The van der Waals surface area contributed by atoms with Crippen molar-refractivity contribution in [2.24, 2.45) is 4.99 Å². The number of nitrogens with one attached hydrogen (secondary N) is 1. The Bertz CT molecular complexity index is 729. The molecule has 1 aromatic heterocycles. The van der Waals surface area contributed by atoms with Gasteiger partial charge in [0.15, 0.2) is 5.96 Å². The summed E-state index contributed by atoms with van der Waals surface area (Å²) in [6.07, 6.45) is 0. The lowest BCUT2D eigenvalue weighted by molar-refractivity contribution is 0.265. The highest BCUT2D eigenvalue weighted by atomic mass is 127. The van der Waals surface area contributed by atoms with Crippen molar-refractivity contribution < 1.29 is 0 Å². The van der Waals surface area contributed by atoms with E-state index >= 15 is 0 Å². The molecule has 0 radical (unpaired) electrons. The summed E-state index contributed by atoms with van der Waals surface area (Å²) in [6, 6.07) is 9.13. The van der Waals surface area contributed by atoms with Crippen LogP contribution in [0.15, 0.2) is 34.6 Å². The lowest BCUT2D eigenvalue weighted by atomic mass is 10.1. The van der Waals surface area contributed by atoms with Crippen LogP contribution in [-0.4, -0.2) is 47.9 Å². The van der Waals surface area contributed by atoms with E-state index in [0.717, 1.165) is 36.3 Å². The second-order valence-electron chi connectivity index (χ2n) is 6.89. The lowest BCUT2D eigenvalue weighted by Gasteiger charge is -2.24. The minimum absolute atomic E-state index is 0. The highest BCUT2D eigenvalue weighted by Gasteiger charge is 2.11. The smallest absolute Gasteiger partial charge is 0.194 e. The van der Waals surface area contributed by atoms with Crippen LogP contribution in [0.2, 0.25) is 0 Å². The summed E-state index contributed by atoms with van der Waals surface area (Å²) in [7, 11) is 6.03. The average Bonchev–Trinajstić information content (AvgIpc) is 3.01. The van der Waals surface area contributed by atoms with Gasteiger partial charge in [-0.05, 0) is 38.9 Å². The Hall–Kier alpha value is -1.19. The summed E-state index contributed by atoms with van der Waals surface area (Å²) in [5.74, 6) is 0.877. The summed E-state index contributed by atoms with van der Waals surface area (Å²) in [5.41, 5.74) is 3.74. The van der Waals surface area contributed by atoms with E-state index in [1.807, 2.05) is 21.0 Å². The van der Waals surface area contributed by atoms with E-state index in [2.05, 4.69) is 75.6 Å². The van der Waals surface area contributed by atoms with Crippen molar-refractivity contribution in [1.82, 2.24) is 20.1 Å². The highest BCUT2D eigenvalue weighted by molar-refractivity contribution is 14.0. The Morgan fingerprint density at radius 2 is 1.85 bits per heavy atom. The van der Waals surface area contributed by atoms with Gasteiger partial charge < -0.3 is 10.2 Å². The van der Waals surface area contributed by atoms with Crippen molar-refractivity contribution in [1.29, 1.82) is 0 Å². The fraction of sp³-hybridized carbons (Fsp3) is 0.500. The fourth-order valence-corrected chi connectivity index (χ4v) is 3.30. The molecule has 0 fully saturated rings. The van der Waals surface area contributed by atoms with E-state index in [-0.39, 0.29) is 24.0 Å². The van der Waals surface area contributed by atoms with Crippen LogP contribution in [0.1, 0.15) is 35.7 Å². The monoisotopic (exact) mass is 501 g/mol. The first-order chi connectivity index (χ1) is 12.4. The molecule has 0 unspecified atom stereocenters. The Morgan fingerprint density at radius 3 is 2.41 bits per heavy atom. The zero-order valence-electron chi connectivity index (χ0n) is 17.2. The number of rotatable bonds is 7. The van der Waals surface area contributed by atoms with Crippen LogP contribution in [0.4, 0.5) is 0 Å². The van der Waals surface area contributed by atoms with Gasteiger partial charge in [0.2, 0.25) is 0 Å². The zero-order chi connectivity index (χ0) is 19.1. The number of nitrogens with zero attached hydrogens (tertiary/aromatic N) is 4. The van der Waals surface area contributed by atoms with Crippen LogP contribution in [0, 0.1) is 6.92 Å². The normalized spacial score (nSPS) is 11.6. The molecule has 0 spiro atoms. The largest absolute Gasteiger partial charge is 0.352 e. The van der Waals surface area contributed by atoms with Crippen LogP contribution < -0.4 is 5.32 Å². The third-order valence-corrected chi connectivity index (χ3v) is 5.32. The Kier molecular flexibility index (Phi) is 10.3. The van der Waals surface area contributed by atoms with Crippen molar-refractivity contribution in [3.63, 3.8) is 0 Å². The fourth-order valence-electron chi connectivity index (χ4n) is 2.69. The van der Waals surface area contributed by atoms with Gasteiger partial charge in [0.05, 0.1) is 17.2 Å². The number of hydrogen-bond donors (Lipinski definition) is 1. The maximum absolute atomic E-state index is 4.54. The molecule has 2 rings (SSSR count). The molecule has 1 aromatic carbocycles. The molecule has 0 saturated carbocycles. The Morgan fingerprint density at radius 1 is 1.19 bits per heavy atom. The van der Waals surface area contributed by atoms with Gasteiger partial charge in [-0.2, -0.15) is 0 Å². The minimum atomic E-state index is 0. The van der Waals surface area contributed by atoms with Gasteiger partial charge in [-0.1, -0.05) is 24.3 Å². The van der Waals surface area contributed by atoms with E-state index in [1.165, 1.54) is 11.1 Å². The molecule has 0 aliphatic rings. The zero-order valence-corrected chi connectivity index (χ0v) is 20.3. The molecule has 0 amide bonds. The number of aryl methyl sites for hydroxylation is 1. The molecule has 1 N–H and O–H groups in total. The molecule has 0 aliphatic heterocycles. The number of benzene rings is 1. The van der Waals surface area contributed by atoms with E-state index in [1.54, 1.807) is 11.3 Å². The summed E-state index contributed by atoms with van der Waals surface area (Å²) in [6.45, 7) is 8.93. The number of hydrogen-bond acceptors (Lipinski definition) is 4. The van der Waals surface area contributed by atoms with E-state index in [9.17, 15) is 0 Å². The number of guanidine groups is 1. The van der Waals surface area contributed by atoms with E-state index in [0.29, 0.717) is 6.04 Å². The molecular weight excluding hydrogens is 469 g/mol. The molecule has 0 saturated heterocycles. The second-order valence-corrected chi connectivity index (χ2v) is 7.95. The van der Waals surface area contributed by atoms with Gasteiger partial charge in [-0.15, -0.1) is 35.3 Å². The van der Waals surface area contributed by atoms with Crippen molar-refractivity contribution in [3.8, 4) is 0 Å². The molecule has 5 nitrogen and oxygen atoms in total. The molecular formula is C20H32IN5S. The van der Waals surface area contributed by atoms with Crippen molar-refractivity contribution in [3.05, 3.63) is 51.5 Å².